The minimum Gasteiger partial charge on any atom is -0.456 e. The number of hydrogen-bond acceptors (Lipinski definition) is 3. The van der Waals surface area contributed by atoms with Crippen LogP contribution in [0.1, 0.15) is 25.3 Å². The Morgan fingerprint density at radius 3 is 2.79 bits per heavy atom. The highest BCUT2D eigenvalue weighted by Crippen LogP contribution is 2.22. The van der Waals surface area contributed by atoms with Gasteiger partial charge in [0.25, 0.3) is 0 Å². The molecule has 1 aliphatic heterocycles. The first-order chi connectivity index (χ1) is 9.24. The van der Waals surface area contributed by atoms with Gasteiger partial charge in [0.05, 0.1) is 12.6 Å². The summed E-state index contributed by atoms with van der Waals surface area (Å²) in [5.74, 6) is -0.159. The lowest BCUT2D eigenvalue weighted by Gasteiger charge is -2.39. The van der Waals surface area contributed by atoms with Gasteiger partial charge in [0.1, 0.15) is 6.10 Å². The Hall–Kier alpha value is -1.61. The summed E-state index contributed by atoms with van der Waals surface area (Å²) in [4.78, 5) is 13.9. The highest BCUT2D eigenvalue weighted by molar-refractivity contribution is 5.73. The van der Waals surface area contributed by atoms with Gasteiger partial charge in [-0.2, -0.15) is 0 Å². The Kier molecular flexibility index (Phi) is 4.74. The molecule has 0 aliphatic carbocycles. The van der Waals surface area contributed by atoms with E-state index in [1.807, 2.05) is 18.2 Å². The van der Waals surface area contributed by atoms with E-state index in [0.29, 0.717) is 6.54 Å². The zero-order chi connectivity index (χ0) is 13.7. The smallest absolute Gasteiger partial charge is 0.320 e. The predicted molar refractivity (Wildman–Crippen MR) is 75.6 cm³/mol. The van der Waals surface area contributed by atoms with Crippen LogP contribution in [0.25, 0.3) is 0 Å². The highest BCUT2D eigenvalue weighted by Gasteiger charge is 2.34. The molecule has 1 aromatic rings. The molecule has 102 valence electrons. The van der Waals surface area contributed by atoms with Crippen LogP contribution in [0, 0.1) is 0 Å². The molecule has 0 amide bonds. The quantitative estimate of drug-likeness (QED) is 0.601. The maximum absolute atomic E-state index is 11.7. The Labute approximate surface area is 114 Å². The predicted octanol–water partition coefficient (Wildman–Crippen LogP) is 2.77. The van der Waals surface area contributed by atoms with E-state index in [-0.39, 0.29) is 18.1 Å². The summed E-state index contributed by atoms with van der Waals surface area (Å²) in [6.45, 7) is 7.09. The number of carbonyl (C=O) groups excluding carboxylic acids is 1. The van der Waals surface area contributed by atoms with Gasteiger partial charge in [0.15, 0.2) is 0 Å². The van der Waals surface area contributed by atoms with Crippen LogP contribution >= 0.6 is 0 Å². The molecule has 2 rings (SSSR count). The molecule has 2 atom stereocenters. The second kappa shape index (κ2) is 6.53. The number of morpholine rings is 1. The van der Waals surface area contributed by atoms with Gasteiger partial charge >= 0.3 is 5.97 Å². The van der Waals surface area contributed by atoms with Crippen LogP contribution in [0.4, 0.5) is 0 Å². The zero-order valence-electron chi connectivity index (χ0n) is 11.4. The first-order valence-corrected chi connectivity index (χ1v) is 6.84. The molecular weight excluding hydrogens is 238 g/mol. The van der Waals surface area contributed by atoms with Crippen molar-refractivity contribution < 1.29 is 9.53 Å². The van der Waals surface area contributed by atoms with Crippen molar-refractivity contribution in [2.24, 2.45) is 0 Å². The van der Waals surface area contributed by atoms with Crippen molar-refractivity contribution in [3.63, 3.8) is 0 Å². The lowest BCUT2D eigenvalue weighted by molar-refractivity contribution is -0.161. The molecule has 1 saturated heterocycles. The number of nitrogens with zero attached hydrogens (tertiary/aromatic N) is 1. The van der Waals surface area contributed by atoms with Gasteiger partial charge in [-0.1, -0.05) is 50.3 Å². The van der Waals surface area contributed by atoms with E-state index in [4.69, 9.17) is 4.74 Å². The maximum Gasteiger partial charge on any atom is 0.320 e. The molecule has 1 aliphatic rings. The Balaban J connectivity index is 2.14. The molecule has 0 unspecified atom stereocenters. The summed E-state index contributed by atoms with van der Waals surface area (Å²) in [5, 5.41) is 0. The summed E-state index contributed by atoms with van der Waals surface area (Å²) < 4.78 is 5.37. The van der Waals surface area contributed by atoms with E-state index in [0.717, 1.165) is 19.4 Å². The average Bonchev–Trinajstić information content (AvgIpc) is 2.42. The molecule has 19 heavy (non-hydrogen) atoms. The minimum atomic E-state index is -0.190. The Morgan fingerprint density at radius 1 is 1.42 bits per heavy atom. The van der Waals surface area contributed by atoms with Crippen LogP contribution in [-0.2, 0) is 16.1 Å². The summed E-state index contributed by atoms with van der Waals surface area (Å²) in [6.07, 6.45) is 3.63. The molecule has 0 N–H and O–H groups in total. The third-order valence-corrected chi connectivity index (χ3v) is 3.49. The molecule has 0 saturated carbocycles. The second-order valence-corrected chi connectivity index (χ2v) is 4.94. The minimum absolute atomic E-state index is 0.159. The monoisotopic (exact) mass is 259 g/mol. The topological polar surface area (TPSA) is 29.5 Å². The van der Waals surface area contributed by atoms with Crippen LogP contribution in [0.5, 0.6) is 0 Å². The van der Waals surface area contributed by atoms with Crippen molar-refractivity contribution in [3.05, 3.63) is 48.6 Å². The standard InChI is InChI=1S/C16H21NO2/c1-3-8-14-15(4-2)19-16(18)12-17(14)11-13-9-6-5-7-10-13/h4-7,9-10,14-15H,2-3,8,11-12H2,1H3/t14-,15-/m1/s1. The number of benzene rings is 1. The van der Waals surface area contributed by atoms with Crippen LogP contribution < -0.4 is 0 Å². The number of esters is 1. The Morgan fingerprint density at radius 2 is 2.16 bits per heavy atom. The van der Waals surface area contributed by atoms with Crippen molar-refractivity contribution in [2.75, 3.05) is 6.54 Å². The maximum atomic E-state index is 11.7. The van der Waals surface area contributed by atoms with Gasteiger partial charge in [-0.05, 0) is 18.1 Å². The molecule has 1 fully saturated rings. The lowest BCUT2D eigenvalue weighted by Crippen LogP contribution is -2.52. The van der Waals surface area contributed by atoms with Gasteiger partial charge < -0.3 is 4.74 Å². The number of rotatable bonds is 5. The molecule has 3 heteroatoms. The van der Waals surface area contributed by atoms with Crippen molar-refractivity contribution in [1.29, 1.82) is 0 Å². The van der Waals surface area contributed by atoms with E-state index in [2.05, 4.69) is 30.5 Å². The number of ether oxygens (including phenoxy) is 1. The molecule has 0 bridgehead atoms. The van der Waals surface area contributed by atoms with Gasteiger partial charge in [-0.15, -0.1) is 0 Å². The van der Waals surface area contributed by atoms with Crippen LogP contribution in [0.2, 0.25) is 0 Å². The van der Waals surface area contributed by atoms with Crippen LogP contribution in [-0.4, -0.2) is 29.6 Å². The fourth-order valence-corrected chi connectivity index (χ4v) is 2.60. The Bertz CT molecular complexity index is 430. The number of hydrogen-bond donors (Lipinski definition) is 0. The van der Waals surface area contributed by atoms with Crippen LogP contribution in [0.15, 0.2) is 43.0 Å². The van der Waals surface area contributed by atoms with E-state index in [1.165, 1.54) is 5.56 Å². The van der Waals surface area contributed by atoms with Crippen molar-refractivity contribution in [1.82, 2.24) is 4.90 Å². The largest absolute Gasteiger partial charge is 0.456 e. The van der Waals surface area contributed by atoms with Crippen molar-refractivity contribution in [2.45, 2.75) is 38.5 Å². The third-order valence-electron chi connectivity index (χ3n) is 3.49. The SMILES string of the molecule is C=C[C@H]1OC(=O)CN(Cc2ccccc2)[C@@H]1CCC. The average molecular weight is 259 g/mol. The molecule has 0 spiro atoms. The van der Waals surface area contributed by atoms with Crippen LogP contribution in [0.3, 0.4) is 0 Å². The molecule has 1 heterocycles. The van der Waals surface area contributed by atoms with Crippen molar-refractivity contribution in [3.8, 4) is 0 Å². The van der Waals surface area contributed by atoms with E-state index in [1.54, 1.807) is 6.08 Å². The van der Waals surface area contributed by atoms with Gasteiger partial charge in [-0.25, -0.2) is 0 Å². The summed E-state index contributed by atoms with van der Waals surface area (Å²) in [5.41, 5.74) is 1.22. The van der Waals surface area contributed by atoms with Gasteiger partial charge in [0, 0.05) is 6.54 Å². The first kappa shape index (κ1) is 13.8. The molecule has 0 radical (unpaired) electrons. The summed E-state index contributed by atoms with van der Waals surface area (Å²) >= 11 is 0. The molecular formula is C16H21NO2. The van der Waals surface area contributed by atoms with E-state index >= 15 is 0 Å². The normalized spacial score (nSPS) is 23.9. The summed E-state index contributed by atoms with van der Waals surface area (Å²) in [7, 11) is 0. The zero-order valence-corrected chi connectivity index (χ0v) is 11.4. The second-order valence-electron chi connectivity index (χ2n) is 4.94. The fourth-order valence-electron chi connectivity index (χ4n) is 2.60. The van der Waals surface area contributed by atoms with E-state index in [9.17, 15) is 4.79 Å². The number of carbonyl (C=O) groups is 1. The molecule has 3 nitrogen and oxygen atoms in total. The van der Waals surface area contributed by atoms with Gasteiger partial charge in [0.2, 0.25) is 0 Å². The first-order valence-electron chi connectivity index (χ1n) is 6.84. The van der Waals surface area contributed by atoms with E-state index < -0.39 is 0 Å². The highest BCUT2D eigenvalue weighted by atomic mass is 16.5. The third kappa shape index (κ3) is 3.44. The molecule has 0 aromatic heterocycles. The lowest BCUT2D eigenvalue weighted by atomic mass is 10.0. The molecule has 1 aromatic carbocycles. The summed E-state index contributed by atoms with van der Waals surface area (Å²) in [6, 6.07) is 10.5. The van der Waals surface area contributed by atoms with Crippen molar-refractivity contribution >= 4 is 5.97 Å². The van der Waals surface area contributed by atoms with Gasteiger partial charge in [-0.3, -0.25) is 9.69 Å². The number of cyclic esters (lactones) is 1. The fraction of sp³-hybridized carbons (Fsp3) is 0.438.